The molecule has 0 unspecified atom stereocenters. The van der Waals surface area contributed by atoms with E-state index in [1.165, 1.54) is 11.5 Å². The number of aryl methyl sites for hydroxylation is 1. The largest absolute Gasteiger partial charge is 0.330 e. The van der Waals surface area contributed by atoms with Crippen LogP contribution in [0.25, 0.3) is 0 Å². The van der Waals surface area contributed by atoms with Gasteiger partial charge in [-0.25, -0.2) is 0 Å². The third-order valence-electron chi connectivity index (χ3n) is 1.11. The molecule has 0 aliphatic carbocycles. The van der Waals surface area contributed by atoms with Crippen molar-refractivity contribution in [1.82, 2.24) is 4.37 Å². The fourth-order valence-corrected chi connectivity index (χ4v) is 1.28. The predicted molar refractivity (Wildman–Crippen MR) is 47.4 cm³/mol. The Hall–Kier alpha value is -0.850. The van der Waals surface area contributed by atoms with Crippen molar-refractivity contribution >= 4 is 11.5 Å². The van der Waals surface area contributed by atoms with Gasteiger partial charge in [-0.1, -0.05) is 11.8 Å². The van der Waals surface area contributed by atoms with Gasteiger partial charge in [0, 0.05) is 13.0 Å². The molecule has 0 aliphatic heterocycles. The number of rotatable bonds is 1. The minimum atomic E-state index is 0.630. The van der Waals surface area contributed by atoms with Crippen LogP contribution in [-0.4, -0.2) is 10.9 Å². The van der Waals surface area contributed by atoms with E-state index in [1.54, 1.807) is 0 Å². The van der Waals surface area contributed by atoms with Gasteiger partial charge in [0.25, 0.3) is 0 Å². The number of nitrogens with zero attached hydrogens (tertiary/aromatic N) is 1. The SMILES string of the molecule is Cc1cc(C#CCCN)sn1. The van der Waals surface area contributed by atoms with E-state index in [1.807, 2.05) is 13.0 Å². The molecule has 0 radical (unpaired) electrons. The first-order chi connectivity index (χ1) is 5.33. The molecule has 3 heteroatoms. The number of aromatic nitrogens is 1. The summed E-state index contributed by atoms with van der Waals surface area (Å²) in [5.41, 5.74) is 6.32. The average Bonchev–Trinajstić information content (AvgIpc) is 2.37. The lowest BCUT2D eigenvalue weighted by atomic mass is 10.3. The van der Waals surface area contributed by atoms with E-state index in [2.05, 4.69) is 16.2 Å². The summed E-state index contributed by atoms with van der Waals surface area (Å²) in [5, 5.41) is 0. The van der Waals surface area contributed by atoms with Crippen LogP contribution in [0.1, 0.15) is 17.0 Å². The average molecular weight is 166 g/mol. The van der Waals surface area contributed by atoms with Crippen molar-refractivity contribution in [3.05, 3.63) is 16.6 Å². The van der Waals surface area contributed by atoms with Crippen molar-refractivity contribution in [2.45, 2.75) is 13.3 Å². The maximum atomic E-state index is 5.28. The fourth-order valence-electron chi connectivity index (χ4n) is 0.644. The molecule has 0 atom stereocenters. The van der Waals surface area contributed by atoms with E-state index in [-0.39, 0.29) is 0 Å². The second kappa shape index (κ2) is 4.12. The summed E-state index contributed by atoms with van der Waals surface area (Å²) in [6, 6.07) is 1.98. The van der Waals surface area contributed by atoms with Gasteiger partial charge in [-0.15, -0.1) is 0 Å². The molecular weight excluding hydrogens is 156 g/mol. The highest BCUT2D eigenvalue weighted by molar-refractivity contribution is 7.06. The molecule has 1 rings (SSSR count). The molecule has 0 bridgehead atoms. The van der Waals surface area contributed by atoms with E-state index in [4.69, 9.17) is 5.73 Å². The van der Waals surface area contributed by atoms with Gasteiger partial charge in [-0.2, -0.15) is 4.37 Å². The van der Waals surface area contributed by atoms with Crippen LogP contribution in [0.3, 0.4) is 0 Å². The van der Waals surface area contributed by atoms with Gasteiger partial charge in [0.15, 0.2) is 0 Å². The Labute approximate surface area is 70.6 Å². The van der Waals surface area contributed by atoms with Crippen molar-refractivity contribution in [1.29, 1.82) is 0 Å². The second-order valence-corrected chi connectivity index (χ2v) is 2.98. The molecule has 0 spiro atoms. The summed E-state index contributed by atoms with van der Waals surface area (Å²) in [6.07, 6.45) is 0.761. The normalized spacial score (nSPS) is 8.91. The first-order valence-electron chi connectivity index (χ1n) is 3.45. The van der Waals surface area contributed by atoms with Crippen LogP contribution in [0.2, 0.25) is 0 Å². The topological polar surface area (TPSA) is 38.9 Å². The van der Waals surface area contributed by atoms with E-state index >= 15 is 0 Å². The number of hydrogen-bond acceptors (Lipinski definition) is 3. The molecule has 0 amide bonds. The molecule has 2 N–H and O–H groups in total. The molecule has 0 aliphatic rings. The van der Waals surface area contributed by atoms with Crippen molar-refractivity contribution in [2.75, 3.05) is 6.54 Å². The number of hydrogen-bond donors (Lipinski definition) is 1. The molecule has 1 aromatic rings. The van der Waals surface area contributed by atoms with Crippen LogP contribution in [0.15, 0.2) is 6.07 Å². The van der Waals surface area contributed by atoms with Crippen LogP contribution in [0, 0.1) is 18.8 Å². The monoisotopic (exact) mass is 166 g/mol. The highest BCUT2D eigenvalue weighted by atomic mass is 32.1. The zero-order valence-corrected chi connectivity index (χ0v) is 7.24. The van der Waals surface area contributed by atoms with Crippen LogP contribution in [0.5, 0.6) is 0 Å². The molecule has 2 nitrogen and oxygen atoms in total. The molecule has 0 saturated heterocycles. The zero-order chi connectivity index (χ0) is 8.10. The van der Waals surface area contributed by atoms with Gasteiger partial charge < -0.3 is 5.73 Å². The Kier molecular flexibility index (Phi) is 3.09. The molecule has 0 fully saturated rings. The molecule has 0 saturated carbocycles. The lowest BCUT2D eigenvalue weighted by Crippen LogP contribution is -1.95. The fraction of sp³-hybridized carbons (Fsp3) is 0.375. The zero-order valence-electron chi connectivity index (χ0n) is 6.42. The standard InChI is InChI=1S/C8H10N2S/c1-7-6-8(11-10-7)4-2-3-5-9/h6H,3,5,9H2,1H3. The summed E-state index contributed by atoms with van der Waals surface area (Å²) < 4.78 is 4.10. The molecular formula is C8H10N2S. The van der Waals surface area contributed by atoms with Crippen LogP contribution < -0.4 is 5.73 Å². The quantitative estimate of drug-likeness (QED) is 0.636. The Morgan fingerprint density at radius 3 is 3.09 bits per heavy atom. The van der Waals surface area contributed by atoms with Gasteiger partial charge in [0.05, 0.1) is 10.6 Å². The van der Waals surface area contributed by atoms with E-state index in [0.717, 1.165) is 17.0 Å². The third kappa shape index (κ3) is 2.71. The van der Waals surface area contributed by atoms with Gasteiger partial charge in [0.1, 0.15) is 0 Å². The number of nitrogens with two attached hydrogens (primary N) is 1. The summed E-state index contributed by atoms with van der Waals surface area (Å²) in [7, 11) is 0. The van der Waals surface area contributed by atoms with E-state index in [0.29, 0.717) is 6.54 Å². The third-order valence-corrected chi connectivity index (χ3v) is 1.90. The van der Waals surface area contributed by atoms with Crippen molar-refractivity contribution < 1.29 is 0 Å². The van der Waals surface area contributed by atoms with Crippen LogP contribution >= 0.6 is 11.5 Å². The Morgan fingerprint density at radius 1 is 1.73 bits per heavy atom. The summed E-state index contributed by atoms with van der Waals surface area (Å²) in [4.78, 5) is 1.02. The van der Waals surface area contributed by atoms with Crippen molar-refractivity contribution in [2.24, 2.45) is 5.73 Å². The van der Waals surface area contributed by atoms with Gasteiger partial charge in [0.2, 0.25) is 0 Å². The predicted octanol–water partition coefficient (Wildman–Crippen LogP) is 1.15. The minimum absolute atomic E-state index is 0.630. The van der Waals surface area contributed by atoms with Crippen LogP contribution in [-0.2, 0) is 0 Å². The first-order valence-corrected chi connectivity index (χ1v) is 4.22. The Bertz CT molecular complexity index is 280. The van der Waals surface area contributed by atoms with Gasteiger partial charge in [-0.05, 0) is 24.5 Å². The van der Waals surface area contributed by atoms with Crippen molar-refractivity contribution in [3.63, 3.8) is 0 Å². The highest BCUT2D eigenvalue weighted by Crippen LogP contribution is 2.06. The molecule has 58 valence electrons. The van der Waals surface area contributed by atoms with E-state index in [9.17, 15) is 0 Å². The maximum Gasteiger partial charge on any atom is 0.0977 e. The Balaban J connectivity index is 2.59. The second-order valence-electron chi connectivity index (χ2n) is 2.17. The Morgan fingerprint density at radius 2 is 2.55 bits per heavy atom. The summed E-state index contributed by atoms with van der Waals surface area (Å²) in [5.74, 6) is 5.95. The molecule has 1 heterocycles. The summed E-state index contributed by atoms with van der Waals surface area (Å²) in [6.45, 7) is 2.59. The lowest BCUT2D eigenvalue weighted by molar-refractivity contribution is 1.03. The maximum absolute atomic E-state index is 5.28. The van der Waals surface area contributed by atoms with Gasteiger partial charge >= 0.3 is 0 Å². The first kappa shape index (κ1) is 8.25. The molecule has 11 heavy (non-hydrogen) atoms. The van der Waals surface area contributed by atoms with Crippen LogP contribution in [0.4, 0.5) is 0 Å². The highest BCUT2D eigenvalue weighted by Gasteiger charge is 1.90. The van der Waals surface area contributed by atoms with Crippen molar-refractivity contribution in [3.8, 4) is 11.8 Å². The smallest absolute Gasteiger partial charge is 0.0977 e. The molecule has 1 aromatic heterocycles. The van der Waals surface area contributed by atoms with Gasteiger partial charge in [-0.3, -0.25) is 0 Å². The summed E-state index contributed by atoms with van der Waals surface area (Å²) >= 11 is 1.44. The minimum Gasteiger partial charge on any atom is -0.330 e. The molecule has 0 aromatic carbocycles. The lowest BCUT2D eigenvalue weighted by Gasteiger charge is -1.77. The van der Waals surface area contributed by atoms with E-state index < -0.39 is 0 Å².